The highest BCUT2D eigenvalue weighted by molar-refractivity contribution is 5.79. The number of ether oxygens (including phenoxy) is 2. The largest absolute Gasteiger partial charge is 0.497 e. The molecular weight excluding hydrogens is 290 g/mol. The van der Waals surface area contributed by atoms with Crippen LogP contribution in [-0.2, 0) is 11.2 Å². The Morgan fingerprint density at radius 3 is 2.65 bits per heavy atom. The van der Waals surface area contributed by atoms with Gasteiger partial charge in [-0.3, -0.25) is 4.99 Å². The lowest BCUT2D eigenvalue weighted by molar-refractivity contribution is 0.128. The first-order chi connectivity index (χ1) is 11.2. The second-order valence-corrected chi connectivity index (χ2v) is 5.82. The van der Waals surface area contributed by atoms with Gasteiger partial charge in [-0.1, -0.05) is 26.0 Å². The molecule has 5 nitrogen and oxygen atoms in total. The van der Waals surface area contributed by atoms with Crippen molar-refractivity contribution in [1.82, 2.24) is 10.6 Å². The van der Waals surface area contributed by atoms with E-state index >= 15 is 0 Å². The first kappa shape index (κ1) is 19.3. The minimum absolute atomic E-state index is 0.689. The Kier molecular flexibility index (Phi) is 9.87. The van der Waals surface area contributed by atoms with Crippen molar-refractivity contribution in [1.29, 1.82) is 0 Å². The van der Waals surface area contributed by atoms with Gasteiger partial charge in [0.25, 0.3) is 0 Å². The van der Waals surface area contributed by atoms with E-state index in [2.05, 4.69) is 41.6 Å². The van der Waals surface area contributed by atoms with Crippen LogP contribution in [0, 0.1) is 5.92 Å². The molecule has 2 N–H and O–H groups in total. The molecule has 0 aliphatic rings. The van der Waals surface area contributed by atoms with E-state index < -0.39 is 0 Å². The zero-order valence-electron chi connectivity index (χ0n) is 14.9. The van der Waals surface area contributed by atoms with Crippen LogP contribution in [0.15, 0.2) is 29.3 Å². The third-order valence-corrected chi connectivity index (χ3v) is 3.44. The average molecular weight is 321 g/mol. The number of aliphatic imine (C=N–C) groups is 1. The average Bonchev–Trinajstić information content (AvgIpc) is 2.56. The minimum Gasteiger partial charge on any atom is -0.497 e. The van der Waals surface area contributed by atoms with Crippen molar-refractivity contribution in [3.63, 3.8) is 0 Å². The summed E-state index contributed by atoms with van der Waals surface area (Å²) in [6, 6.07) is 8.12. The zero-order valence-corrected chi connectivity index (χ0v) is 14.9. The van der Waals surface area contributed by atoms with Gasteiger partial charge < -0.3 is 20.1 Å². The summed E-state index contributed by atoms with van der Waals surface area (Å²) < 4.78 is 10.8. The Morgan fingerprint density at radius 1 is 1.17 bits per heavy atom. The summed E-state index contributed by atoms with van der Waals surface area (Å²) in [7, 11) is 3.47. The van der Waals surface area contributed by atoms with Crippen LogP contribution in [0.3, 0.4) is 0 Å². The van der Waals surface area contributed by atoms with Gasteiger partial charge in [-0.05, 0) is 36.5 Å². The van der Waals surface area contributed by atoms with Gasteiger partial charge in [0.05, 0.1) is 13.7 Å². The topological polar surface area (TPSA) is 54.9 Å². The van der Waals surface area contributed by atoms with Crippen LogP contribution in [0.4, 0.5) is 0 Å². The van der Waals surface area contributed by atoms with Crippen LogP contribution in [0.25, 0.3) is 0 Å². The summed E-state index contributed by atoms with van der Waals surface area (Å²) in [5.74, 6) is 2.39. The molecule has 0 spiro atoms. The van der Waals surface area contributed by atoms with Gasteiger partial charge in [0.1, 0.15) is 5.75 Å². The predicted octanol–water partition coefficient (Wildman–Crippen LogP) is 2.47. The SMILES string of the molecule is CN=C(NCCOCCC(C)C)NCCc1cccc(OC)c1. The number of hydrogen-bond acceptors (Lipinski definition) is 3. The van der Waals surface area contributed by atoms with E-state index in [4.69, 9.17) is 9.47 Å². The fourth-order valence-corrected chi connectivity index (χ4v) is 2.04. The molecule has 0 atom stereocenters. The van der Waals surface area contributed by atoms with E-state index in [1.165, 1.54) is 5.56 Å². The number of rotatable bonds is 10. The molecule has 130 valence electrons. The molecule has 1 aromatic carbocycles. The van der Waals surface area contributed by atoms with E-state index in [-0.39, 0.29) is 0 Å². The van der Waals surface area contributed by atoms with Crippen molar-refractivity contribution in [3.8, 4) is 5.75 Å². The van der Waals surface area contributed by atoms with E-state index in [9.17, 15) is 0 Å². The Morgan fingerprint density at radius 2 is 1.96 bits per heavy atom. The lowest BCUT2D eigenvalue weighted by Gasteiger charge is -2.12. The Bertz CT molecular complexity index is 461. The Labute approximate surface area is 140 Å². The fraction of sp³-hybridized carbons (Fsp3) is 0.611. The molecular formula is C18H31N3O2. The van der Waals surface area contributed by atoms with Crippen molar-refractivity contribution < 1.29 is 9.47 Å². The van der Waals surface area contributed by atoms with Crippen molar-refractivity contribution in [3.05, 3.63) is 29.8 Å². The van der Waals surface area contributed by atoms with Crippen molar-refractivity contribution in [2.75, 3.05) is 40.5 Å². The summed E-state index contributed by atoms with van der Waals surface area (Å²) in [5, 5.41) is 6.56. The maximum Gasteiger partial charge on any atom is 0.191 e. The van der Waals surface area contributed by atoms with Crippen molar-refractivity contribution in [2.24, 2.45) is 10.9 Å². The quantitative estimate of drug-likeness (QED) is 0.395. The normalized spacial score (nSPS) is 11.6. The second-order valence-electron chi connectivity index (χ2n) is 5.82. The lowest BCUT2D eigenvalue weighted by atomic mass is 10.1. The molecule has 0 aliphatic heterocycles. The van der Waals surface area contributed by atoms with Gasteiger partial charge in [-0.15, -0.1) is 0 Å². The molecule has 0 aromatic heterocycles. The monoisotopic (exact) mass is 321 g/mol. The maximum absolute atomic E-state index is 5.58. The molecule has 0 saturated carbocycles. The number of hydrogen-bond donors (Lipinski definition) is 2. The summed E-state index contributed by atoms with van der Waals surface area (Å²) in [4.78, 5) is 4.21. The van der Waals surface area contributed by atoms with Crippen LogP contribution in [0.1, 0.15) is 25.8 Å². The van der Waals surface area contributed by atoms with Crippen LogP contribution >= 0.6 is 0 Å². The molecule has 0 saturated heterocycles. The van der Waals surface area contributed by atoms with E-state index in [0.29, 0.717) is 12.5 Å². The molecule has 1 aromatic rings. The number of guanidine groups is 1. The fourth-order valence-electron chi connectivity index (χ4n) is 2.04. The summed E-state index contributed by atoms with van der Waals surface area (Å²) in [6.45, 7) is 7.51. The van der Waals surface area contributed by atoms with E-state index in [0.717, 1.165) is 44.2 Å². The first-order valence-corrected chi connectivity index (χ1v) is 8.31. The first-order valence-electron chi connectivity index (χ1n) is 8.31. The molecule has 0 unspecified atom stereocenters. The van der Waals surface area contributed by atoms with Crippen LogP contribution in [0.5, 0.6) is 5.75 Å². The summed E-state index contributed by atoms with van der Waals surface area (Å²) >= 11 is 0. The molecule has 23 heavy (non-hydrogen) atoms. The molecule has 5 heteroatoms. The maximum atomic E-state index is 5.58. The van der Waals surface area contributed by atoms with Crippen molar-refractivity contribution in [2.45, 2.75) is 26.7 Å². The molecule has 0 aliphatic carbocycles. The zero-order chi connectivity index (χ0) is 16.9. The van der Waals surface area contributed by atoms with Crippen LogP contribution < -0.4 is 15.4 Å². The van der Waals surface area contributed by atoms with E-state index in [1.807, 2.05) is 12.1 Å². The van der Waals surface area contributed by atoms with Gasteiger partial charge >= 0.3 is 0 Å². The van der Waals surface area contributed by atoms with Gasteiger partial charge in [0.15, 0.2) is 5.96 Å². The third kappa shape index (κ3) is 9.08. The Hall–Kier alpha value is -1.75. The van der Waals surface area contributed by atoms with Crippen molar-refractivity contribution >= 4 is 5.96 Å². The van der Waals surface area contributed by atoms with Gasteiger partial charge in [0.2, 0.25) is 0 Å². The highest BCUT2D eigenvalue weighted by atomic mass is 16.5. The molecule has 0 bridgehead atoms. The number of nitrogens with zero attached hydrogens (tertiary/aromatic N) is 1. The van der Waals surface area contributed by atoms with E-state index in [1.54, 1.807) is 14.2 Å². The minimum atomic E-state index is 0.689. The highest BCUT2D eigenvalue weighted by Gasteiger charge is 1.99. The van der Waals surface area contributed by atoms with Crippen LogP contribution in [-0.4, -0.2) is 46.4 Å². The highest BCUT2D eigenvalue weighted by Crippen LogP contribution is 2.12. The Balaban J connectivity index is 2.16. The smallest absolute Gasteiger partial charge is 0.191 e. The standard InChI is InChI=1S/C18H31N3O2/c1-15(2)9-12-23-13-11-21-18(19-3)20-10-8-16-6-5-7-17(14-16)22-4/h5-7,14-15H,8-13H2,1-4H3,(H2,19,20,21). The molecule has 0 fully saturated rings. The molecule has 0 amide bonds. The van der Waals surface area contributed by atoms with Gasteiger partial charge in [-0.2, -0.15) is 0 Å². The lowest BCUT2D eigenvalue weighted by Crippen LogP contribution is -2.39. The summed E-state index contributed by atoms with van der Waals surface area (Å²) in [5.41, 5.74) is 1.24. The van der Waals surface area contributed by atoms with Gasteiger partial charge in [-0.25, -0.2) is 0 Å². The number of methoxy groups -OCH3 is 1. The molecule has 0 radical (unpaired) electrons. The second kappa shape index (κ2) is 11.8. The molecule has 1 rings (SSSR count). The third-order valence-electron chi connectivity index (χ3n) is 3.44. The molecule has 0 heterocycles. The number of nitrogens with one attached hydrogen (secondary N) is 2. The predicted molar refractivity (Wildman–Crippen MR) is 96.3 cm³/mol. The van der Waals surface area contributed by atoms with Gasteiger partial charge in [0, 0.05) is 26.7 Å². The summed E-state index contributed by atoms with van der Waals surface area (Å²) in [6.07, 6.45) is 2.02. The van der Waals surface area contributed by atoms with Crippen LogP contribution in [0.2, 0.25) is 0 Å². The number of benzene rings is 1.